The zero-order valence-corrected chi connectivity index (χ0v) is 10.8. The molecule has 0 aromatic heterocycles. The van der Waals surface area contributed by atoms with Crippen LogP contribution in [-0.2, 0) is 9.53 Å². The first kappa shape index (κ1) is 15.3. The highest BCUT2D eigenvalue weighted by Gasteiger charge is 2.32. The molecule has 1 aromatic rings. The molecule has 6 heteroatoms. The number of halogens is 3. The number of methoxy groups -OCH3 is 1. The van der Waals surface area contributed by atoms with Crippen LogP contribution in [0.5, 0.6) is 5.75 Å². The van der Waals surface area contributed by atoms with Crippen LogP contribution >= 0.6 is 0 Å². The fourth-order valence-corrected chi connectivity index (χ4v) is 1.83. The quantitative estimate of drug-likeness (QED) is 0.790. The number of hydrogen-bond acceptors (Lipinski definition) is 3. The molecule has 0 heterocycles. The summed E-state index contributed by atoms with van der Waals surface area (Å²) >= 11 is 0. The maximum atomic E-state index is 12.1. The Balaban J connectivity index is 3.05. The van der Waals surface area contributed by atoms with E-state index in [2.05, 4.69) is 9.47 Å². The van der Waals surface area contributed by atoms with E-state index in [1.54, 1.807) is 19.9 Å². The molecule has 3 nitrogen and oxygen atoms in total. The molecule has 0 N–H and O–H groups in total. The molecule has 0 spiro atoms. The second-order valence-electron chi connectivity index (χ2n) is 4.37. The van der Waals surface area contributed by atoms with Crippen molar-refractivity contribution in [2.24, 2.45) is 5.92 Å². The van der Waals surface area contributed by atoms with Gasteiger partial charge in [0.2, 0.25) is 0 Å². The molecule has 1 rings (SSSR count). The van der Waals surface area contributed by atoms with E-state index in [4.69, 9.17) is 0 Å². The minimum absolute atomic E-state index is 0.103. The summed E-state index contributed by atoms with van der Waals surface area (Å²) in [5.41, 5.74) is 0.434. The van der Waals surface area contributed by atoms with Crippen molar-refractivity contribution in [2.45, 2.75) is 26.1 Å². The summed E-state index contributed by atoms with van der Waals surface area (Å²) in [6.07, 6.45) is -4.75. The largest absolute Gasteiger partial charge is 0.573 e. The lowest BCUT2D eigenvalue weighted by molar-refractivity contribution is -0.274. The molecule has 19 heavy (non-hydrogen) atoms. The topological polar surface area (TPSA) is 35.5 Å². The van der Waals surface area contributed by atoms with E-state index in [1.807, 2.05) is 0 Å². The van der Waals surface area contributed by atoms with Gasteiger partial charge in [-0.05, 0) is 23.6 Å². The number of alkyl halides is 3. The Hall–Kier alpha value is -1.72. The molecule has 0 saturated carbocycles. The summed E-state index contributed by atoms with van der Waals surface area (Å²) in [7, 11) is 1.24. The Labute approximate surface area is 109 Å². The number of benzene rings is 1. The Bertz CT molecular complexity index is 441. The van der Waals surface area contributed by atoms with Crippen LogP contribution in [0, 0.1) is 5.92 Å². The van der Waals surface area contributed by atoms with Crippen molar-refractivity contribution in [3.63, 3.8) is 0 Å². The van der Waals surface area contributed by atoms with Crippen molar-refractivity contribution in [3.8, 4) is 5.75 Å². The van der Waals surface area contributed by atoms with Crippen molar-refractivity contribution in [2.75, 3.05) is 7.11 Å². The van der Waals surface area contributed by atoms with Crippen molar-refractivity contribution >= 4 is 5.97 Å². The van der Waals surface area contributed by atoms with E-state index in [9.17, 15) is 18.0 Å². The molecule has 1 atom stereocenters. The molecule has 0 radical (unpaired) electrons. The predicted molar refractivity (Wildman–Crippen MR) is 62.7 cm³/mol. The van der Waals surface area contributed by atoms with E-state index in [-0.39, 0.29) is 11.7 Å². The highest BCUT2D eigenvalue weighted by atomic mass is 19.4. The third-order valence-corrected chi connectivity index (χ3v) is 2.57. The van der Waals surface area contributed by atoms with Gasteiger partial charge in [-0.2, -0.15) is 0 Å². The van der Waals surface area contributed by atoms with Gasteiger partial charge in [-0.25, -0.2) is 0 Å². The standard InChI is InChI=1S/C13H15F3O3/c1-8(2)11(12(17)18-3)9-5-4-6-10(7-9)19-13(14,15)16/h4-8,11H,1-3H3. The van der Waals surface area contributed by atoms with Gasteiger partial charge in [0.25, 0.3) is 0 Å². The van der Waals surface area contributed by atoms with Crippen LogP contribution in [0.25, 0.3) is 0 Å². The number of esters is 1. The summed E-state index contributed by atoms with van der Waals surface area (Å²) in [6.45, 7) is 3.58. The summed E-state index contributed by atoms with van der Waals surface area (Å²) in [5, 5.41) is 0. The minimum atomic E-state index is -4.75. The lowest BCUT2D eigenvalue weighted by Gasteiger charge is -2.19. The van der Waals surface area contributed by atoms with Gasteiger partial charge in [-0.1, -0.05) is 26.0 Å². The van der Waals surface area contributed by atoms with Gasteiger partial charge in [0.1, 0.15) is 5.75 Å². The fraction of sp³-hybridized carbons (Fsp3) is 0.462. The first-order valence-corrected chi connectivity index (χ1v) is 5.68. The Morgan fingerprint density at radius 1 is 1.26 bits per heavy atom. The van der Waals surface area contributed by atoms with Crippen LogP contribution in [0.3, 0.4) is 0 Å². The highest BCUT2D eigenvalue weighted by molar-refractivity contribution is 5.78. The van der Waals surface area contributed by atoms with Crippen molar-refractivity contribution in [1.82, 2.24) is 0 Å². The third-order valence-electron chi connectivity index (χ3n) is 2.57. The summed E-state index contributed by atoms with van der Waals surface area (Å²) in [5.74, 6) is -1.56. The molecular formula is C13H15F3O3. The van der Waals surface area contributed by atoms with Gasteiger partial charge in [0.15, 0.2) is 0 Å². The third kappa shape index (κ3) is 4.46. The van der Waals surface area contributed by atoms with Crippen LogP contribution < -0.4 is 4.74 Å². The molecule has 0 aliphatic rings. The van der Waals surface area contributed by atoms with Gasteiger partial charge in [0, 0.05) is 0 Å². The predicted octanol–water partition coefficient (Wildman–Crippen LogP) is 3.50. The number of rotatable bonds is 4. The molecule has 1 aromatic carbocycles. The molecule has 0 aliphatic carbocycles. The number of carbonyl (C=O) groups excluding carboxylic acids is 1. The van der Waals surface area contributed by atoms with E-state index < -0.39 is 18.2 Å². The van der Waals surface area contributed by atoms with Gasteiger partial charge in [0.05, 0.1) is 13.0 Å². The molecule has 106 valence electrons. The second-order valence-corrected chi connectivity index (χ2v) is 4.37. The fourth-order valence-electron chi connectivity index (χ4n) is 1.83. The van der Waals surface area contributed by atoms with Crippen molar-refractivity contribution in [3.05, 3.63) is 29.8 Å². The zero-order chi connectivity index (χ0) is 14.6. The smallest absolute Gasteiger partial charge is 0.469 e. The molecule has 0 bridgehead atoms. The van der Waals surface area contributed by atoms with Crippen LogP contribution in [0.15, 0.2) is 24.3 Å². The first-order chi connectivity index (χ1) is 8.74. The average Bonchev–Trinajstić information content (AvgIpc) is 2.26. The number of ether oxygens (including phenoxy) is 2. The Kier molecular flexibility index (Phi) is 4.80. The molecule has 0 amide bonds. The van der Waals surface area contributed by atoms with Crippen LogP contribution in [0.2, 0.25) is 0 Å². The highest BCUT2D eigenvalue weighted by Crippen LogP contribution is 2.30. The maximum absolute atomic E-state index is 12.1. The molecule has 0 fully saturated rings. The lowest BCUT2D eigenvalue weighted by atomic mass is 9.88. The van der Waals surface area contributed by atoms with Gasteiger partial charge < -0.3 is 9.47 Å². The Morgan fingerprint density at radius 2 is 1.89 bits per heavy atom. The summed E-state index contributed by atoms with van der Waals surface area (Å²) in [6, 6.07) is 5.38. The van der Waals surface area contributed by atoms with Gasteiger partial charge in [-0.3, -0.25) is 4.79 Å². The van der Waals surface area contributed by atoms with Crippen LogP contribution in [0.1, 0.15) is 25.3 Å². The van der Waals surface area contributed by atoms with Crippen molar-refractivity contribution in [1.29, 1.82) is 0 Å². The maximum Gasteiger partial charge on any atom is 0.573 e. The first-order valence-electron chi connectivity index (χ1n) is 5.68. The number of hydrogen-bond donors (Lipinski definition) is 0. The molecule has 0 aliphatic heterocycles. The summed E-state index contributed by atoms with van der Waals surface area (Å²) in [4.78, 5) is 11.7. The lowest BCUT2D eigenvalue weighted by Crippen LogP contribution is -2.20. The van der Waals surface area contributed by atoms with Gasteiger partial charge >= 0.3 is 12.3 Å². The van der Waals surface area contributed by atoms with E-state index in [0.717, 1.165) is 0 Å². The van der Waals surface area contributed by atoms with E-state index in [0.29, 0.717) is 5.56 Å². The van der Waals surface area contributed by atoms with Crippen LogP contribution in [0.4, 0.5) is 13.2 Å². The SMILES string of the molecule is COC(=O)C(c1cccc(OC(F)(F)F)c1)C(C)C. The molecule has 1 unspecified atom stereocenters. The number of carbonyl (C=O) groups is 1. The van der Waals surface area contributed by atoms with E-state index >= 15 is 0 Å². The normalized spacial score (nSPS) is 13.2. The zero-order valence-electron chi connectivity index (χ0n) is 10.8. The molecular weight excluding hydrogens is 261 g/mol. The summed E-state index contributed by atoms with van der Waals surface area (Å²) < 4.78 is 44.9. The average molecular weight is 276 g/mol. The molecule has 0 saturated heterocycles. The van der Waals surface area contributed by atoms with Crippen LogP contribution in [-0.4, -0.2) is 19.4 Å². The second kappa shape index (κ2) is 5.95. The minimum Gasteiger partial charge on any atom is -0.469 e. The van der Waals surface area contributed by atoms with Crippen molar-refractivity contribution < 1.29 is 27.4 Å². The monoisotopic (exact) mass is 276 g/mol. The van der Waals surface area contributed by atoms with E-state index in [1.165, 1.54) is 25.3 Å². The Morgan fingerprint density at radius 3 is 2.37 bits per heavy atom. The van der Waals surface area contributed by atoms with Gasteiger partial charge in [-0.15, -0.1) is 13.2 Å².